The van der Waals surface area contributed by atoms with Crippen molar-refractivity contribution in [3.8, 4) is 11.5 Å². The molecule has 3 aliphatic rings. The molecule has 0 aromatic heterocycles. The van der Waals surface area contributed by atoms with Gasteiger partial charge in [0.25, 0.3) is 11.6 Å². The van der Waals surface area contributed by atoms with E-state index in [1.807, 2.05) is 0 Å². The first-order valence-corrected chi connectivity index (χ1v) is 11.1. The topological polar surface area (TPSA) is 119 Å². The quantitative estimate of drug-likeness (QED) is 0.376. The zero-order valence-corrected chi connectivity index (χ0v) is 18.7. The van der Waals surface area contributed by atoms with E-state index in [0.717, 1.165) is 4.47 Å². The normalized spacial score (nSPS) is 18.2. The Morgan fingerprint density at radius 2 is 2.12 bits per heavy atom. The number of halogens is 1. The summed E-state index contributed by atoms with van der Waals surface area (Å²) < 4.78 is 11.5. The Morgan fingerprint density at radius 1 is 1.34 bits per heavy atom. The minimum atomic E-state index is -0.959. The lowest BCUT2D eigenvalue weighted by Gasteiger charge is -2.33. The summed E-state index contributed by atoms with van der Waals surface area (Å²) in [4.78, 5) is 29.2. The predicted molar refractivity (Wildman–Crippen MR) is 120 cm³/mol. The van der Waals surface area contributed by atoms with Gasteiger partial charge in [-0.25, -0.2) is 5.01 Å². The standard InChI is InChI=1S/C20H14BrN5O5S/c1-2-5-32-20-23-19(27)17-11-6-10(21)3-4-13(11)22-18(25(17)24-20)12-7-15-16(31-9-30-15)8-14(12)26(28)29/h2-4,6-8,18H,1,5,9H2,(H,23,24,27)/t18-/m0/s1. The van der Waals surface area contributed by atoms with Crippen molar-refractivity contribution in [1.82, 2.24) is 10.3 Å². The first kappa shape index (κ1) is 20.5. The number of carbonyl (C=O) groups excluding carboxylic acids is 1. The first-order chi connectivity index (χ1) is 15.5. The SMILES string of the molecule is C=CCSC1=NN2C(=c3cc(Br)ccc3=N[C@@H]2c2cc3c(cc2[N+](=O)[O-])OCO3)C(=O)N1. The third-order valence-corrected chi connectivity index (χ3v) is 6.26. The molecule has 162 valence electrons. The number of ether oxygens (including phenoxy) is 2. The van der Waals surface area contributed by atoms with Crippen LogP contribution >= 0.6 is 27.7 Å². The van der Waals surface area contributed by atoms with E-state index in [-0.39, 0.29) is 35.4 Å². The van der Waals surface area contributed by atoms with Gasteiger partial charge in [-0.3, -0.25) is 25.2 Å². The number of nitro benzene ring substituents is 1. The van der Waals surface area contributed by atoms with Gasteiger partial charge in [-0.2, -0.15) is 0 Å². The molecule has 0 radical (unpaired) electrons. The highest BCUT2D eigenvalue weighted by molar-refractivity contribution is 9.10. The molecule has 0 bridgehead atoms. The van der Waals surface area contributed by atoms with Crippen molar-refractivity contribution in [3.63, 3.8) is 0 Å². The molecule has 1 amide bonds. The maximum atomic E-state index is 13.1. The molecule has 32 heavy (non-hydrogen) atoms. The monoisotopic (exact) mass is 515 g/mol. The van der Waals surface area contributed by atoms with Crippen molar-refractivity contribution in [2.45, 2.75) is 6.17 Å². The van der Waals surface area contributed by atoms with E-state index in [2.05, 4.69) is 32.9 Å². The van der Waals surface area contributed by atoms with Gasteiger partial charge in [0, 0.05) is 15.4 Å². The molecule has 2 aromatic carbocycles. The van der Waals surface area contributed by atoms with Crippen LogP contribution < -0.4 is 25.4 Å². The Hall–Kier alpha value is -3.38. The van der Waals surface area contributed by atoms with E-state index in [0.29, 0.717) is 27.2 Å². The van der Waals surface area contributed by atoms with Crippen molar-refractivity contribution < 1.29 is 19.2 Å². The average Bonchev–Trinajstić information content (AvgIpc) is 3.23. The summed E-state index contributed by atoms with van der Waals surface area (Å²) in [7, 11) is 0. The van der Waals surface area contributed by atoms with Crippen LogP contribution in [-0.2, 0) is 4.79 Å². The van der Waals surface area contributed by atoms with Gasteiger partial charge in [0.05, 0.1) is 21.9 Å². The van der Waals surface area contributed by atoms with E-state index in [1.165, 1.54) is 28.9 Å². The van der Waals surface area contributed by atoms with Crippen molar-refractivity contribution in [3.05, 3.63) is 73.7 Å². The molecule has 0 saturated carbocycles. The Kier molecular flexibility index (Phi) is 5.10. The first-order valence-electron chi connectivity index (χ1n) is 9.35. The zero-order valence-electron chi connectivity index (χ0n) is 16.3. The molecule has 10 nitrogen and oxygen atoms in total. The molecule has 3 aliphatic heterocycles. The number of benzene rings is 2. The largest absolute Gasteiger partial charge is 0.454 e. The van der Waals surface area contributed by atoms with Gasteiger partial charge in [0.2, 0.25) is 6.79 Å². The van der Waals surface area contributed by atoms with Crippen LogP contribution in [0.1, 0.15) is 11.7 Å². The molecule has 1 N–H and O–H groups in total. The number of hydrogen-bond acceptors (Lipinski definition) is 9. The Labute approximate surface area is 193 Å². The lowest BCUT2D eigenvalue weighted by molar-refractivity contribution is -0.386. The molecule has 0 aliphatic carbocycles. The molecule has 12 heteroatoms. The minimum Gasteiger partial charge on any atom is -0.454 e. The molecule has 5 rings (SSSR count). The van der Waals surface area contributed by atoms with Gasteiger partial charge < -0.3 is 9.47 Å². The minimum absolute atomic E-state index is 0.0292. The second kappa shape index (κ2) is 7.95. The third kappa shape index (κ3) is 3.41. The molecular weight excluding hydrogens is 502 g/mol. The Morgan fingerprint density at radius 3 is 2.88 bits per heavy atom. The maximum Gasteiger partial charge on any atom is 0.280 e. The highest BCUT2D eigenvalue weighted by Crippen LogP contribution is 2.43. The van der Waals surface area contributed by atoms with Crippen LogP contribution in [0, 0.1) is 10.1 Å². The van der Waals surface area contributed by atoms with E-state index >= 15 is 0 Å². The number of fused-ring (bicyclic) bond motifs is 3. The number of carbonyl (C=O) groups is 1. The third-order valence-electron chi connectivity index (χ3n) is 4.90. The summed E-state index contributed by atoms with van der Waals surface area (Å²) in [5.74, 6) is 0.799. The predicted octanol–water partition coefficient (Wildman–Crippen LogP) is 2.15. The van der Waals surface area contributed by atoms with Crippen molar-refractivity contribution >= 4 is 50.2 Å². The summed E-state index contributed by atoms with van der Waals surface area (Å²) in [6, 6.07) is 8.13. The smallest absolute Gasteiger partial charge is 0.280 e. The van der Waals surface area contributed by atoms with Crippen LogP contribution in [0.25, 0.3) is 5.70 Å². The summed E-state index contributed by atoms with van der Waals surface area (Å²) >= 11 is 4.71. The number of nitrogens with zero attached hydrogens (tertiary/aromatic N) is 4. The number of thioether (sulfide) groups is 1. The van der Waals surface area contributed by atoms with E-state index in [9.17, 15) is 14.9 Å². The number of rotatable bonds is 4. The average molecular weight is 516 g/mol. The summed E-state index contributed by atoms with van der Waals surface area (Å²) in [6.45, 7) is 3.65. The molecule has 0 unspecified atom stereocenters. The lowest BCUT2D eigenvalue weighted by Crippen LogP contribution is -2.50. The molecule has 1 atom stereocenters. The van der Waals surface area contributed by atoms with Crippen LogP contribution in [0.4, 0.5) is 5.69 Å². The van der Waals surface area contributed by atoms with E-state index < -0.39 is 11.1 Å². The second-order valence-electron chi connectivity index (χ2n) is 6.84. The number of amidine groups is 1. The molecule has 0 saturated heterocycles. The van der Waals surface area contributed by atoms with E-state index in [4.69, 9.17) is 14.5 Å². The van der Waals surface area contributed by atoms with Gasteiger partial charge in [0.1, 0.15) is 5.70 Å². The maximum absolute atomic E-state index is 13.1. The Balaban J connectivity index is 1.76. The fraction of sp³-hybridized carbons (Fsp3) is 0.150. The van der Waals surface area contributed by atoms with E-state index in [1.54, 1.807) is 24.3 Å². The molecule has 2 aromatic rings. The van der Waals surface area contributed by atoms with Crippen molar-refractivity contribution in [2.24, 2.45) is 10.1 Å². The second-order valence-corrected chi connectivity index (χ2v) is 8.76. The number of nitro groups is 1. The summed E-state index contributed by atoms with van der Waals surface area (Å²) in [5.41, 5.74) is 0.275. The lowest BCUT2D eigenvalue weighted by atomic mass is 10.1. The van der Waals surface area contributed by atoms with Gasteiger partial charge in [-0.05, 0) is 24.3 Å². The highest BCUT2D eigenvalue weighted by atomic mass is 79.9. The number of nitrogens with one attached hydrogen (secondary N) is 1. The van der Waals surface area contributed by atoms with Crippen LogP contribution in [0.15, 0.2) is 57.6 Å². The highest BCUT2D eigenvalue weighted by Gasteiger charge is 2.38. The fourth-order valence-electron chi connectivity index (χ4n) is 3.57. The molecule has 0 fully saturated rings. The van der Waals surface area contributed by atoms with Gasteiger partial charge >= 0.3 is 0 Å². The molecule has 3 heterocycles. The summed E-state index contributed by atoms with van der Waals surface area (Å²) in [5, 5.41) is 22.1. The number of amides is 1. The zero-order chi connectivity index (χ0) is 22.4. The van der Waals surface area contributed by atoms with Gasteiger partial charge in [-0.15, -0.1) is 11.7 Å². The Bertz CT molecular complexity index is 1340. The van der Waals surface area contributed by atoms with Crippen LogP contribution in [0.5, 0.6) is 11.5 Å². The van der Waals surface area contributed by atoms with Gasteiger partial charge in [-0.1, -0.05) is 33.8 Å². The van der Waals surface area contributed by atoms with Crippen molar-refractivity contribution in [2.75, 3.05) is 12.5 Å². The number of hydrazone groups is 1. The fourth-order valence-corrected chi connectivity index (χ4v) is 4.52. The van der Waals surface area contributed by atoms with Gasteiger partial charge in [0.15, 0.2) is 22.8 Å². The summed E-state index contributed by atoms with van der Waals surface area (Å²) in [6.07, 6.45) is 0.727. The van der Waals surface area contributed by atoms with Crippen LogP contribution in [0.2, 0.25) is 0 Å². The molecular formula is C20H14BrN5O5S. The van der Waals surface area contributed by atoms with Crippen LogP contribution in [-0.4, -0.2) is 33.6 Å². The number of hydrogen-bond donors (Lipinski definition) is 1. The molecule has 0 spiro atoms. The van der Waals surface area contributed by atoms with Crippen LogP contribution in [0.3, 0.4) is 0 Å². The van der Waals surface area contributed by atoms with Crippen molar-refractivity contribution in [1.29, 1.82) is 0 Å².